The number of Topliss-reactive ketones (excluding diaryl/α,β-unsaturated/α-hetero) is 2. The Morgan fingerprint density at radius 2 is 1.61 bits per heavy atom. The number of benzene rings is 1. The minimum absolute atomic E-state index is 0.00492. The number of ketones is 3. The number of halogens is 1. The topological polar surface area (TPSA) is 155 Å². The standard InChI is InChI=1S/C17H17ClO6.C15H23NO4/c1-8-5-9(19)6-12(23-4)17(8)16(20)13-10(21-2)7-11(22-3)14(18)15(13)24-17;1-8-3-9(2)15(20)11(4-8)12(17)5-10-6-13(18)16-14(19)7-10/h6-8H,5H2,1-4H3;8-12,17H,3-7H2,1-2H3,(H,16,18,19)/t8-,17+;8-,9-,11-,12+/m10/s1. The third-order valence-electron chi connectivity index (χ3n) is 9.03. The van der Waals surface area contributed by atoms with E-state index in [9.17, 15) is 29.1 Å². The maximum atomic E-state index is 13.3. The lowest BCUT2D eigenvalue weighted by Crippen LogP contribution is -2.51. The van der Waals surface area contributed by atoms with Gasteiger partial charge in [0, 0.05) is 49.2 Å². The van der Waals surface area contributed by atoms with Crippen LogP contribution in [0.3, 0.4) is 0 Å². The summed E-state index contributed by atoms with van der Waals surface area (Å²) in [6, 6.07) is 1.54. The molecule has 1 aromatic carbocycles. The van der Waals surface area contributed by atoms with Gasteiger partial charge in [0.05, 0.1) is 27.4 Å². The van der Waals surface area contributed by atoms with Gasteiger partial charge in [0.2, 0.25) is 23.2 Å². The van der Waals surface area contributed by atoms with Crippen LogP contribution in [0.4, 0.5) is 0 Å². The number of imide groups is 1. The average Bonchev–Trinajstić information content (AvgIpc) is 3.27. The fourth-order valence-corrected chi connectivity index (χ4v) is 7.17. The third-order valence-corrected chi connectivity index (χ3v) is 9.39. The van der Waals surface area contributed by atoms with Crippen molar-refractivity contribution in [1.29, 1.82) is 0 Å². The second kappa shape index (κ2) is 13.3. The van der Waals surface area contributed by atoms with Crippen molar-refractivity contribution in [2.45, 2.75) is 71.0 Å². The molecular weight excluding hydrogens is 594 g/mol. The third kappa shape index (κ3) is 6.21. The molecule has 2 heterocycles. The number of aliphatic hydroxyl groups is 1. The normalized spacial score (nSPS) is 29.2. The molecule has 44 heavy (non-hydrogen) atoms. The Labute approximate surface area is 261 Å². The molecule has 0 radical (unpaired) electrons. The van der Waals surface area contributed by atoms with E-state index in [-0.39, 0.29) is 88.3 Å². The Hall–Kier alpha value is -3.44. The molecule has 2 amide bonds. The van der Waals surface area contributed by atoms with E-state index in [0.29, 0.717) is 30.3 Å². The number of aliphatic hydroxyl groups excluding tert-OH is 1. The Balaban J connectivity index is 0.000000204. The van der Waals surface area contributed by atoms with Gasteiger partial charge < -0.3 is 24.1 Å². The summed E-state index contributed by atoms with van der Waals surface area (Å²) in [6.07, 6.45) is 3.20. The fourth-order valence-electron chi connectivity index (χ4n) is 6.90. The summed E-state index contributed by atoms with van der Waals surface area (Å²) in [4.78, 5) is 59.9. The second-order valence-electron chi connectivity index (χ2n) is 12.3. The zero-order valence-electron chi connectivity index (χ0n) is 25.9. The zero-order chi connectivity index (χ0) is 32.5. The first-order chi connectivity index (χ1) is 20.8. The van der Waals surface area contributed by atoms with Crippen LogP contribution < -0.4 is 19.5 Å². The highest BCUT2D eigenvalue weighted by atomic mass is 35.5. The van der Waals surface area contributed by atoms with E-state index >= 15 is 0 Å². The molecule has 1 saturated carbocycles. The van der Waals surface area contributed by atoms with Gasteiger partial charge in [-0.25, -0.2) is 0 Å². The van der Waals surface area contributed by atoms with Crippen molar-refractivity contribution in [2.24, 2.45) is 29.6 Å². The van der Waals surface area contributed by atoms with Crippen LogP contribution in [-0.4, -0.2) is 67.3 Å². The number of rotatable bonds is 6. The van der Waals surface area contributed by atoms with E-state index in [1.54, 1.807) is 6.92 Å². The number of carbonyl (C=O) groups is 5. The quantitative estimate of drug-likeness (QED) is 0.441. The van der Waals surface area contributed by atoms with E-state index in [0.717, 1.165) is 6.42 Å². The number of carbonyl (C=O) groups excluding carboxylic acids is 5. The number of fused-ring (bicyclic) bond motifs is 1. The fraction of sp³-hybridized carbons (Fsp3) is 0.594. The highest BCUT2D eigenvalue weighted by Crippen LogP contribution is 2.54. The van der Waals surface area contributed by atoms with Crippen LogP contribution in [0.2, 0.25) is 5.02 Å². The number of nitrogens with one attached hydrogen (secondary N) is 1. The van der Waals surface area contributed by atoms with E-state index in [4.69, 9.17) is 30.5 Å². The SMILES string of the molecule is COC1=CC(=O)C[C@@H](C)[C@]12Oc1c(Cl)c(OC)cc(OC)c1C2=O.C[C@@H]1C[C@@H]([C@H](O)CC2CC(=O)NC(=O)C2)C(=O)[C@@H](C)C1. The molecule has 1 saturated heterocycles. The van der Waals surface area contributed by atoms with Gasteiger partial charge in [-0.3, -0.25) is 29.3 Å². The maximum absolute atomic E-state index is 13.3. The first kappa shape index (κ1) is 33.5. The second-order valence-corrected chi connectivity index (χ2v) is 12.7. The summed E-state index contributed by atoms with van der Waals surface area (Å²) in [7, 11) is 4.31. The molecular formula is C32H40ClNO10. The van der Waals surface area contributed by atoms with E-state index in [2.05, 4.69) is 12.2 Å². The first-order valence-electron chi connectivity index (χ1n) is 14.8. The van der Waals surface area contributed by atoms with Gasteiger partial charge in [0.25, 0.3) is 0 Å². The van der Waals surface area contributed by atoms with Crippen LogP contribution in [0.1, 0.15) is 69.7 Å². The van der Waals surface area contributed by atoms with Gasteiger partial charge in [-0.2, -0.15) is 0 Å². The smallest absolute Gasteiger partial charge is 0.231 e. The lowest BCUT2D eigenvalue weighted by Gasteiger charge is -2.36. The highest BCUT2D eigenvalue weighted by Gasteiger charge is 2.60. The minimum Gasteiger partial charge on any atom is -0.496 e. The molecule has 2 N–H and O–H groups in total. The molecule has 0 unspecified atom stereocenters. The van der Waals surface area contributed by atoms with E-state index in [1.807, 2.05) is 6.92 Å². The van der Waals surface area contributed by atoms with Crippen molar-refractivity contribution in [1.82, 2.24) is 5.32 Å². The Morgan fingerprint density at radius 1 is 0.977 bits per heavy atom. The van der Waals surface area contributed by atoms with Crippen molar-refractivity contribution in [3.8, 4) is 17.2 Å². The number of ether oxygens (including phenoxy) is 4. The van der Waals surface area contributed by atoms with Crippen molar-refractivity contribution in [3.05, 3.63) is 28.5 Å². The maximum Gasteiger partial charge on any atom is 0.231 e. The van der Waals surface area contributed by atoms with Gasteiger partial charge in [-0.15, -0.1) is 0 Å². The van der Waals surface area contributed by atoms with Crippen molar-refractivity contribution in [2.75, 3.05) is 21.3 Å². The number of methoxy groups -OCH3 is 3. The molecule has 12 heteroatoms. The van der Waals surface area contributed by atoms with Crippen LogP contribution in [-0.2, 0) is 23.9 Å². The van der Waals surface area contributed by atoms with Gasteiger partial charge in [-0.1, -0.05) is 32.4 Å². The van der Waals surface area contributed by atoms with Crippen molar-refractivity contribution in [3.63, 3.8) is 0 Å². The summed E-state index contributed by atoms with van der Waals surface area (Å²) in [6.45, 7) is 5.78. The molecule has 5 rings (SSSR count). The van der Waals surface area contributed by atoms with Crippen LogP contribution in [0.15, 0.2) is 17.9 Å². The summed E-state index contributed by atoms with van der Waals surface area (Å²) in [5.41, 5.74) is -1.19. The Bertz CT molecular complexity index is 1370. The van der Waals surface area contributed by atoms with Gasteiger partial charge in [0.1, 0.15) is 27.9 Å². The van der Waals surface area contributed by atoms with Crippen molar-refractivity contribution < 1.29 is 48.0 Å². The number of piperidine rings is 1. The van der Waals surface area contributed by atoms with Gasteiger partial charge in [0.15, 0.2) is 17.3 Å². The predicted octanol–water partition coefficient (Wildman–Crippen LogP) is 3.85. The van der Waals surface area contributed by atoms with Crippen LogP contribution in [0, 0.1) is 29.6 Å². The molecule has 2 aliphatic heterocycles. The molecule has 0 aromatic heterocycles. The first-order valence-corrected chi connectivity index (χ1v) is 15.2. The highest BCUT2D eigenvalue weighted by molar-refractivity contribution is 6.35. The lowest BCUT2D eigenvalue weighted by atomic mass is 9.71. The molecule has 1 aromatic rings. The molecule has 2 fully saturated rings. The van der Waals surface area contributed by atoms with E-state index in [1.165, 1.54) is 33.5 Å². The summed E-state index contributed by atoms with van der Waals surface area (Å²) < 4.78 is 21.9. The van der Waals surface area contributed by atoms with Crippen molar-refractivity contribution >= 4 is 40.8 Å². The summed E-state index contributed by atoms with van der Waals surface area (Å²) in [5.74, 6) is -0.392. The van der Waals surface area contributed by atoms with E-state index < -0.39 is 17.6 Å². The molecule has 0 bridgehead atoms. The lowest BCUT2D eigenvalue weighted by molar-refractivity contribution is -0.136. The monoisotopic (exact) mass is 633 g/mol. The number of hydrogen-bond acceptors (Lipinski definition) is 10. The number of allylic oxidation sites excluding steroid dienone is 1. The largest absolute Gasteiger partial charge is 0.496 e. The van der Waals surface area contributed by atoms with Gasteiger partial charge in [-0.05, 0) is 31.1 Å². The molecule has 2 aliphatic carbocycles. The number of amides is 2. The molecule has 11 nitrogen and oxygen atoms in total. The zero-order valence-corrected chi connectivity index (χ0v) is 26.6. The molecule has 4 aliphatic rings. The van der Waals surface area contributed by atoms with Crippen LogP contribution in [0.25, 0.3) is 0 Å². The van der Waals surface area contributed by atoms with Gasteiger partial charge >= 0.3 is 0 Å². The van der Waals surface area contributed by atoms with Crippen LogP contribution >= 0.6 is 11.6 Å². The average molecular weight is 634 g/mol. The summed E-state index contributed by atoms with van der Waals surface area (Å²) >= 11 is 6.33. The van der Waals surface area contributed by atoms with Crippen LogP contribution in [0.5, 0.6) is 17.2 Å². The number of hydrogen-bond donors (Lipinski definition) is 2. The molecule has 240 valence electrons. The Kier molecular flexibility index (Phi) is 10.1. The Morgan fingerprint density at radius 3 is 2.20 bits per heavy atom. The summed E-state index contributed by atoms with van der Waals surface area (Å²) in [5, 5.41) is 12.8. The molecule has 6 atom stereocenters. The minimum atomic E-state index is -1.42. The predicted molar refractivity (Wildman–Crippen MR) is 159 cm³/mol. The molecule has 1 spiro atoms.